The Kier molecular flexibility index (Phi) is 7.50. The first kappa shape index (κ1) is 21.8. The quantitative estimate of drug-likeness (QED) is 0.410. The Balaban J connectivity index is 2.33. The highest BCUT2D eigenvalue weighted by Crippen LogP contribution is 2.28. The van der Waals surface area contributed by atoms with Crippen LogP contribution in [0.3, 0.4) is 0 Å². The largest absolute Gasteiger partial charge is 0.373 e. The van der Waals surface area contributed by atoms with Gasteiger partial charge in [0.15, 0.2) is 0 Å². The summed E-state index contributed by atoms with van der Waals surface area (Å²) in [6.07, 6.45) is 0. The zero-order chi connectivity index (χ0) is 20.7. The Morgan fingerprint density at radius 1 is 1.11 bits per heavy atom. The number of benzene rings is 2. The first-order valence-corrected chi connectivity index (χ1v) is 10.7. The second-order valence-electron chi connectivity index (χ2n) is 6.35. The molecule has 0 heterocycles. The van der Waals surface area contributed by atoms with E-state index in [2.05, 4.69) is 36.0 Å². The van der Waals surface area contributed by atoms with Gasteiger partial charge >= 0.3 is 0 Å². The van der Waals surface area contributed by atoms with E-state index >= 15 is 0 Å². The van der Waals surface area contributed by atoms with E-state index in [9.17, 15) is 18.5 Å². The number of hydrogen-bond acceptors (Lipinski definition) is 5. The summed E-state index contributed by atoms with van der Waals surface area (Å²) in [5.41, 5.74) is 1.18. The molecule has 28 heavy (non-hydrogen) atoms. The third-order valence-electron chi connectivity index (χ3n) is 4.84. The van der Waals surface area contributed by atoms with Crippen LogP contribution in [0, 0.1) is 10.1 Å². The summed E-state index contributed by atoms with van der Waals surface area (Å²) in [6.45, 7) is 6.53. The van der Waals surface area contributed by atoms with E-state index in [0.717, 1.165) is 24.7 Å². The molecule has 0 saturated carbocycles. The van der Waals surface area contributed by atoms with Crippen molar-refractivity contribution in [3.05, 3.63) is 64.2 Å². The van der Waals surface area contributed by atoms with Crippen molar-refractivity contribution in [1.29, 1.82) is 0 Å². The van der Waals surface area contributed by atoms with Gasteiger partial charge in [-0.15, -0.1) is 0 Å². The Hall–Kier alpha value is -2.49. The van der Waals surface area contributed by atoms with Crippen molar-refractivity contribution in [2.75, 3.05) is 32.0 Å². The molecule has 0 aromatic heterocycles. The lowest BCUT2D eigenvalue weighted by molar-refractivity contribution is -0.926. The Morgan fingerprint density at radius 3 is 2.29 bits per heavy atom. The topological polar surface area (TPSA) is 106 Å². The minimum Gasteiger partial charge on any atom is -0.373 e. The zero-order valence-corrected chi connectivity index (χ0v) is 17.1. The number of nitrogens with zero attached hydrogens (tertiary/aromatic N) is 1. The van der Waals surface area contributed by atoms with Gasteiger partial charge < -0.3 is 10.2 Å². The van der Waals surface area contributed by atoms with Crippen molar-refractivity contribution in [3.8, 4) is 0 Å². The molecule has 0 aliphatic carbocycles. The van der Waals surface area contributed by atoms with Gasteiger partial charge in [0.05, 0.1) is 29.5 Å². The van der Waals surface area contributed by atoms with Crippen molar-refractivity contribution in [2.24, 2.45) is 0 Å². The van der Waals surface area contributed by atoms with Gasteiger partial charge in [0, 0.05) is 11.6 Å². The second-order valence-corrected chi connectivity index (χ2v) is 8.24. The van der Waals surface area contributed by atoms with Crippen LogP contribution in [-0.4, -0.2) is 40.0 Å². The molecule has 8 nitrogen and oxygen atoms in total. The zero-order valence-electron chi connectivity index (χ0n) is 16.3. The molecular weight excluding hydrogens is 380 g/mol. The molecule has 2 aromatic rings. The van der Waals surface area contributed by atoms with Gasteiger partial charge in [-0.1, -0.05) is 30.3 Å². The van der Waals surface area contributed by atoms with Crippen molar-refractivity contribution >= 4 is 21.4 Å². The predicted molar refractivity (Wildman–Crippen MR) is 109 cm³/mol. The lowest BCUT2D eigenvalue weighted by atomic mass is 10.0. The maximum atomic E-state index is 11.9. The van der Waals surface area contributed by atoms with E-state index in [1.807, 2.05) is 18.2 Å². The summed E-state index contributed by atoms with van der Waals surface area (Å²) >= 11 is 0. The van der Waals surface area contributed by atoms with Crippen LogP contribution in [0.5, 0.6) is 0 Å². The molecule has 0 saturated heterocycles. The summed E-state index contributed by atoms with van der Waals surface area (Å²) < 4.78 is 26.1. The molecular formula is C19H27N4O4S+. The molecule has 152 valence electrons. The maximum Gasteiger partial charge on any atom is 0.293 e. The number of nitro groups is 1. The van der Waals surface area contributed by atoms with Gasteiger partial charge in [0.2, 0.25) is 10.0 Å². The van der Waals surface area contributed by atoms with E-state index in [1.165, 1.54) is 24.1 Å². The number of nitrogens with one attached hydrogen (secondary N) is 3. The Bertz CT molecular complexity index is 899. The van der Waals surface area contributed by atoms with E-state index in [-0.39, 0.29) is 16.6 Å². The molecule has 0 spiro atoms. The SMILES string of the molecule is CC[NH+](CC)[C@@H](CNc1ccc(S(=O)(=O)NC)cc1[N+](=O)[O-])c1ccccc1. The number of sulfonamides is 1. The van der Waals surface area contributed by atoms with Crippen molar-refractivity contribution in [3.63, 3.8) is 0 Å². The normalized spacial score (nSPS) is 12.7. The van der Waals surface area contributed by atoms with Crippen molar-refractivity contribution in [1.82, 2.24) is 4.72 Å². The van der Waals surface area contributed by atoms with Crippen LogP contribution in [0.1, 0.15) is 25.5 Å². The van der Waals surface area contributed by atoms with E-state index in [1.54, 1.807) is 0 Å². The molecule has 0 amide bonds. The fourth-order valence-corrected chi connectivity index (χ4v) is 3.98. The molecule has 0 fully saturated rings. The number of nitro benzene ring substituents is 1. The van der Waals surface area contributed by atoms with Gasteiger partial charge in [-0.25, -0.2) is 13.1 Å². The van der Waals surface area contributed by atoms with Gasteiger partial charge in [-0.2, -0.15) is 0 Å². The standard InChI is InChI=1S/C19H26N4O4S/c1-4-22(5-2)19(15-9-7-6-8-10-15)14-21-17-12-11-16(28(26,27)20-3)13-18(17)23(24)25/h6-13,19-21H,4-5,14H2,1-3H3/p+1/t19-/m0/s1. The van der Waals surface area contributed by atoms with Crippen LogP contribution in [0.4, 0.5) is 11.4 Å². The van der Waals surface area contributed by atoms with Crippen LogP contribution in [0.2, 0.25) is 0 Å². The lowest BCUT2D eigenvalue weighted by Gasteiger charge is -2.27. The van der Waals surface area contributed by atoms with Crippen LogP contribution >= 0.6 is 0 Å². The molecule has 0 aliphatic heterocycles. The number of likely N-dealkylation sites (N-methyl/N-ethyl adjacent to an activating group) is 1. The molecule has 0 radical (unpaired) electrons. The highest BCUT2D eigenvalue weighted by atomic mass is 32.2. The molecule has 0 bridgehead atoms. The molecule has 9 heteroatoms. The fourth-order valence-electron chi connectivity index (χ4n) is 3.24. The summed E-state index contributed by atoms with van der Waals surface area (Å²) in [5.74, 6) is 0. The Morgan fingerprint density at radius 2 is 1.75 bits per heavy atom. The summed E-state index contributed by atoms with van der Waals surface area (Å²) in [7, 11) is -2.48. The van der Waals surface area contributed by atoms with E-state index < -0.39 is 14.9 Å². The predicted octanol–water partition coefficient (Wildman–Crippen LogP) is 1.58. The molecule has 1 atom stereocenters. The maximum absolute atomic E-state index is 11.9. The van der Waals surface area contributed by atoms with E-state index in [0.29, 0.717) is 12.2 Å². The monoisotopic (exact) mass is 407 g/mol. The van der Waals surface area contributed by atoms with Gasteiger partial charge in [-0.3, -0.25) is 10.1 Å². The lowest BCUT2D eigenvalue weighted by Crippen LogP contribution is -3.12. The summed E-state index contributed by atoms with van der Waals surface area (Å²) in [5, 5.41) is 14.7. The second kappa shape index (κ2) is 9.63. The smallest absolute Gasteiger partial charge is 0.293 e. The fraction of sp³-hybridized carbons (Fsp3) is 0.368. The first-order valence-electron chi connectivity index (χ1n) is 9.19. The molecule has 0 unspecified atom stereocenters. The van der Waals surface area contributed by atoms with Crippen molar-refractivity contribution in [2.45, 2.75) is 24.8 Å². The molecule has 3 N–H and O–H groups in total. The third kappa shape index (κ3) is 5.06. The van der Waals surface area contributed by atoms with Crippen LogP contribution in [0.25, 0.3) is 0 Å². The molecule has 2 aromatic carbocycles. The highest BCUT2D eigenvalue weighted by Gasteiger charge is 2.24. The molecule has 2 rings (SSSR count). The van der Waals surface area contributed by atoms with Gasteiger partial charge in [-0.05, 0) is 33.0 Å². The summed E-state index contributed by atoms with van der Waals surface area (Å²) in [6, 6.07) is 14.0. The Labute approximate surface area is 165 Å². The van der Waals surface area contributed by atoms with Gasteiger partial charge in [0.25, 0.3) is 5.69 Å². The highest BCUT2D eigenvalue weighted by molar-refractivity contribution is 7.89. The van der Waals surface area contributed by atoms with E-state index in [4.69, 9.17) is 0 Å². The van der Waals surface area contributed by atoms with Crippen LogP contribution in [-0.2, 0) is 10.0 Å². The van der Waals surface area contributed by atoms with Crippen LogP contribution in [0.15, 0.2) is 53.4 Å². The van der Waals surface area contributed by atoms with Crippen LogP contribution < -0.4 is 14.9 Å². The third-order valence-corrected chi connectivity index (χ3v) is 6.26. The molecule has 0 aliphatic rings. The summed E-state index contributed by atoms with van der Waals surface area (Å²) in [4.78, 5) is 12.1. The number of anilines is 1. The van der Waals surface area contributed by atoms with Crippen molar-refractivity contribution < 1.29 is 18.2 Å². The first-order chi connectivity index (χ1) is 13.3. The number of hydrogen-bond donors (Lipinski definition) is 3. The van der Waals surface area contributed by atoms with Gasteiger partial charge in [0.1, 0.15) is 11.7 Å². The minimum atomic E-state index is -3.75. The average Bonchev–Trinajstić information content (AvgIpc) is 2.71. The minimum absolute atomic E-state index is 0.108. The number of rotatable bonds is 10. The number of quaternary nitrogens is 1. The average molecular weight is 408 g/mol.